The first-order valence-corrected chi connectivity index (χ1v) is 9.85. The largest absolute Gasteiger partial charge is 0.368 e. The molecule has 27 heavy (non-hydrogen) atoms. The van der Waals surface area contributed by atoms with Crippen LogP contribution >= 0.6 is 11.5 Å². The number of anilines is 2. The standard InChI is InChI=1S/C20H22FN5S/c21-17-7-5-15(6-8-17)13-19-23-20(27-24-19)26-11-9-25(10-12-26)18-4-2-1-3-16(18)14-22/h1-8H,9-14,22H2. The van der Waals surface area contributed by atoms with Gasteiger partial charge in [0.2, 0.25) is 5.13 Å². The summed E-state index contributed by atoms with van der Waals surface area (Å²) in [6.07, 6.45) is 0.626. The molecular formula is C20H22FN5S. The number of aromatic nitrogens is 2. The number of nitrogens with zero attached hydrogens (tertiary/aromatic N) is 4. The Morgan fingerprint density at radius 3 is 2.41 bits per heavy atom. The molecular weight excluding hydrogens is 361 g/mol. The molecule has 0 aliphatic carbocycles. The molecule has 1 fully saturated rings. The number of para-hydroxylation sites is 1. The maximum atomic E-state index is 13.0. The van der Waals surface area contributed by atoms with E-state index in [-0.39, 0.29) is 5.82 Å². The summed E-state index contributed by atoms with van der Waals surface area (Å²) >= 11 is 1.44. The Balaban J connectivity index is 1.38. The average molecular weight is 383 g/mol. The minimum absolute atomic E-state index is 0.222. The van der Waals surface area contributed by atoms with E-state index < -0.39 is 0 Å². The Hall–Kier alpha value is -2.51. The first kappa shape index (κ1) is 17.9. The van der Waals surface area contributed by atoms with Crippen LogP contribution in [-0.2, 0) is 13.0 Å². The van der Waals surface area contributed by atoms with Crippen LogP contribution in [0.3, 0.4) is 0 Å². The molecule has 2 aromatic carbocycles. The molecule has 5 nitrogen and oxygen atoms in total. The van der Waals surface area contributed by atoms with Crippen molar-refractivity contribution >= 4 is 22.4 Å². The third-order valence-corrected chi connectivity index (χ3v) is 5.65. The summed E-state index contributed by atoms with van der Waals surface area (Å²) in [5, 5.41) is 0.957. The third kappa shape index (κ3) is 4.09. The van der Waals surface area contributed by atoms with E-state index in [2.05, 4.69) is 37.4 Å². The minimum Gasteiger partial charge on any atom is -0.368 e. The molecule has 3 aromatic rings. The van der Waals surface area contributed by atoms with Gasteiger partial charge in [0.1, 0.15) is 11.6 Å². The molecule has 7 heteroatoms. The molecule has 1 aromatic heterocycles. The summed E-state index contributed by atoms with van der Waals surface area (Å²) in [4.78, 5) is 9.36. The summed E-state index contributed by atoms with van der Waals surface area (Å²) in [5.74, 6) is 0.567. The number of piperazine rings is 1. The third-order valence-electron chi connectivity index (χ3n) is 4.84. The molecule has 1 aliphatic rings. The fourth-order valence-electron chi connectivity index (χ4n) is 3.36. The molecule has 0 unspecified atom stereocenters. The Bertz CT molecular complexity index is 887. The van der Waals surface area contributed by atoms with Gasteiger partial charge in [0.25, 0.3) is 0 Å². The number of benzene rings is 2. The molecule has 140 valence electrons. The molecule has 0 amide bonds. The van der Waals surface area contributed by atoms with E-state index in [4.69, 9.17) is 5.73 Å². The highest BCUT2D eigenvalue weighted by Crippen LogP contribution is 2.25. The van der Waals surface area contributed by atoms with Crippen LogP contribution in [0.25, 0.3) is 0 Å². The van der Waals surface area contributed by atoms with Gasteiger partial charge in [-0.15, -0.1) is 0 Å². The highest BCUT2D eigenvalue weighted by Gasteiger charge is 2.21. The van der Waals surface area contributed by atoms with Gasteiger partial charge in [0, 0.05) is 56.4 Å². The van der Waals surface area contributed by atoms with Gasteiger partial charge in [-0.3, -0.25) is 0 Å². The molecule has 0 atom stereocenters. The summed E-state index contributed by atoms with van der Waals surface area (Å²) in [6, 6.07) is 14.8. The van der Waals surface area contributed by atoms with E-state index in [9.17, 15) is 4.39 Å². The zero-order valence-electron chi connectivity index (χ0n) is 15.0. The van der Waals surface area contributed by atoms with Crippen LogP contribution in [0.4, 0.5) is 15.2 Å². The van der Waals surface area contributed by atoms with Gasteiger partial charge in [-0.05, 0) is 29.3 Å². The molecule has 1 aliphatic heterocycles. The topological polar surface area (TPSA) is 58.3 Å². The second-order valence-electron chi connectivity index (χ2n) is 6.60. The van der Waals surface area contributed by atoms with E-state index in [0.717, 1.165) is 42.7 Å². The number of hydrogen-bond acceptors (Lipinski definition) is 6. The van der Waals surface area contributed by atoms with Crippen molar-refractivity contribution in [2.45, 2.75) is 13.0 Å². The van der Waals surface area contributed by atoms with Crippen molar-refractivity contribution in [3.8, 4) is 0 Å². The van der Waals surface area contributed by atoms with Gasteiger partial charge in [-0.25, -0.2) is 9.37 Å². The van der Waals surface area contributed by atoms with Gasteiger partial charge < -0.3 is 15.5 Å². The molecule has 1 saturated heterocycles. The highest BCUT2D eigenvalue weighted by atomic mass is 32.1. The van der Waals surface area contributed by atoms with Crippen LogP contribution in [0.2, 0.25) is 0 Å². The first-order valence-electron chi connectivity index (χ1n) is 9.08. The summed E-state index contributed by atoms with van der Waals surface area (Å²) in [6.45, 7) is 4.24. The fraction of sp³-hybridized carbons (Fsp3) is 0.300. The van der Waals surface area contributed by atoms with Crippen LogP contribution in [0.15, 0.2) is 48.5 Å². The van der Waals surface area contributed by atoms with Crippen LogP contribution in [0.5, 0.6) is 0 Å². The Morgan fingerprint density at radius 2 is 1.67 bits per heavy atom. The second kappa shape index (κ2) is 8.02. The van der Waals surface area contributed by atoms with Crippen LogP contribution in [-0.4, -0.2) is 35.5 Å². The zero-order chi connectivity index (χ0) is 18.6. The van der Waals surface area contributed by atoms with E-state index in [1.54, 1.807) is 12.1 Å². The van der Waals surface area contributed by atoms with Gasteiger partial charge in [-0.2, -0.15) is 4.37 Å². The van der Waals surface area contributed by atoms with Crippen molar-refractivity contribution in [1.82, 2.24) is 9.36 Å². The molecule has 0 bridgehead atoms. The second-order valence-corrected chi connectivity index (χ2v) is 7.33. The van der Waals surface area contributed by atoms with Crippen molar-refractivity contribution in [3.63, 3.8) is 0 Å². The average Bonchev–Trinajstić information content (AvgIpc) is 3.18. The first-order chi connectivity index (χ1) is 13.2. The van der Waals surface area contributed by atoms with Gasteiger partial charge in [-0.1, -0.05) is 30.3 Å². The van der Waals surface area contributed by atoms with Crippen LogP contribution < -0.4 is 15.5 Å². The number of nitrogens with two attached hydrogens (primary N) is 1. The summed E-state index contributed by atoms with van der Waals surface area (Å²) in [7, 11) is 0. The van der Waals surface area contributed by atoms with Crippen molar-refractivity contribution in [2.75, 3.05) is 36.0 Å². The van der Waals surface area contributed by atoms with Crippen LogP contribution in [0.1, 0.15) is 17.0 Å². The summed E-state index contributed by atoms with van der Waals surface area (Å²) in [5.41, 5.74) is 9.31. The summed E-state index contributed by atoms with van der Waals surface area (Å²) < 4.78 is 17.5. The van der Waals surface area contributed by atoms with Gasteiger partial charge in [0.05, 0.1) is 0 Å². The van der Waals surface area contributed by atoms with Crippen LogP contribution in [0, 0.1) is 5.82 Å². The fourth-order valence-corrected chi connectivity index (χ4v) is 4.10. The lowest BCUT2D eigenvalue weighted by Gasteiger charge is -2.36. The van der Waals surface area contributed by atoms with Crippen molar-refractivity contribution in [1.29, 1.82) is 0 Å². The highest BCUT2D eigenvalue weighted by molar-refractivity contribution is 7.09. The Morgan fingerprint density at radius 1 is 0.963 bits per heavy atom. The molecule has 2 N–H and O–H groups in total. The lowest BCUT2D eigenvalue weighted by Crippen LogP contribution is -2.46. The maximum absolute atomic E-state index is 13.0. The minimum atomic E-state index is -0.222. The van der Waals surface area contributed by atoms with Gasteiger partial charge >= 0.3 is 0 Å². The molecule has 4 rings (SSSR count). The van der Waals surface area contributed by atoms with E-state index >= 15 is 0 Å². The molecule has 2 heterocycles. The lowest BCUT2D eigenvalue weighted by molar-refractivity contribution is 0.627. The van der Waals surface area contributed by atoms with Gasteiger partial charge in [0.15, 0.2) is 0 Å². The van der Waals surface area contributed by atoms with E-state index in [0.29, 0.717) is 13.0 Å². The molecule has 0 spiro atoms. The predicted octanol–water partition coefficient (Wildman–Crippen LogP) is 3.05. The smallest absolute Gasteiger partial charge is 0.205 e. The number of rotatable bonds is 5. The SMILES string of the molecule is NCc1ccccc1N1CCN(c2nc(Cc3ccc(F)cc3)ns2)CC1. The number of hydrogen-bond donors (Lipinski definition) is 1. The van der Waals surface area contributed by atoms with E-state index in [1.165, 1.54) is 34.9 Å². The predicted molar refractivity (Wildman–Crippen MR) is 108 cm³/mol. The quantitative estimate of drug-likeness (QED) is 0.734. The maximum Gasteiger partial charge on any atom is 0.205 e. The number of halogens is 1. The lowest BCUT2D eigenvalue weighted by atomic mass is 10.1. The monoisotopic (exact) mass is 383 g/mol. The van der Waals surface area contributed by atoms with E-state index in [1.807, 2.05) is 6.07 Å². The van der Waals surface area contributed by atoms with Crippen molar-refractivity contribution in [3.05, 3.63) is 71.3 Å². The van der Waals surface area contributed by atoms with Crippen molar-refractivity contribution < 1.29 is 4.39 Å². The molecule has 0 saturated carbocycles. The normalized spacial score (nSPS) is 14.6. The Kier molecular flexibility index (Phi) is 5.31. The molecule has 0 radical (unpaired) electrons. The van der Waals surface area contributed by atoms with Crippen molar-refractivity contribution in [2.24, 2.45) is 5.73 Å². The zero-order valence-corrected chi connectivity index (χ0v) is 15.8. The Labute approximate surface area is 162 Å².